The highest BCUT2D eigenvalue weighted by Crippen LogP contribution is 2.32. The van der Waals surface area contributed by atoms with E-state index < -0.39 is 5.91 Å². The van der Waals surface area contributed by atoms with Gasteiger partial charge >= 0.3 is 0 Å². The summed E-state index contributed by atoms with van der Waals surface area (Å²) in [7, 11) is 0. The Morgan fingerprint density at radius 2 is 1.95 bits per heavy atom. The Hall–Kier alpha value is -2.20. The van der Waals surface area contributed by atoms with Gasteiger partial charge < -0.3 is 16.8 Å². The molecule has 0 spiro atoms. The highest BCUT2D eigenvalue weighted by atomic mass is 35.5. The fourth-order valence-electron chi connectivity index (χ4n) is 1.80. The lowest BCUT2D eigenvalue weighted by molar-refractivity contribution is 0.100. The topological polar surface area (TPSA) is 81.1 Å². The average molecular weight is 276 g/mol. The van der Waals surface area contributed by atoms with Crippen molar-refractivity contribution in [3.05, 3.63) is 52.5 Å². The van der Waals surface area contributed by atoms with Gasteiger partial charge in [-0.3, -0.25) is 4.79 Å². The fourth-order valence-corrected chi connectivity index (χ4v) is 2.07. The van der Waals surface area contributed by atoms with Crippen molar-refractivity contribution in [1.82, 2.24) is 0 Å². The maximum atomic E-state index is 11.5. The van der Waals surface area contributed by atoms with E-state index in [2.05, 4.69) is 5.32 Å². The van der Waals surface area contributed by atoms with Gasteiger partial charge in [-0.25, -0.2) is 0 Å². The molecule has 0 saturated carbocycles. The molecule has 5 N–H and O–H groups in total. The van der Waals surface area contributed by atoms with Crippen LogP contribution in [-0.4, -0.2) is 5.91 Å². The van der Waals surface area contributed by atoms with Crippen molar-refractivity contribution in [2.24, 2.45) is 5.73 Å². The Morgan fingerprint density at radius 3 is 2.58 bits per heavy atom. The van der Waals surface area contributed by atoms with Crippen molar-refractivity contribution in [2.75, 3.05) is 11.1 Å². The lowest BCUT2D eigenvalue weighted by atomic mass is 10.1. The van der Waals surface area contributed by atoms with E-state index in [1.807, 2.05) is 31.2 Å². The van der Waals surface area contributed by atoms with Gasteiger partial charge in [-0.1, -0.05) is 29.8 Å². The molecule has 98 valence electrons. The molecule has 0 aliphatic heterocycles. The highest BCUT2D eigenvalue weighted by molar-refractivity contribution is 6.34. The molecular weight excluding hydrogens is 262 g/mol. The molecular formula is C14H14ClN3O. The molecule has 0 aliphatic carbocycles. The maximum Gasteiger partial charge on any atom is 0.250 e. The summed E-state index contributed by atoms with van der Waals surface area (Å²) in [6.07, 6.45) is 0. The summed E-state index contributed by atoms with van der Waals surface area (Å²) in [5.41, 5.74) is 14.1. The number of hydrogen-bond donors (Lipinski definition) is 3. The fraction of sp³-hybridized carbons (Fsp3) is 0.0714. The average Bonchev–Trinajstić information content (AvgIpc) is 2.34. The Bertz CT molecular complexity index is 641. The van der Waals surface area contributed by atoms with Crippen LogP contribution in [0, 0.1) is 6.92 Å². The monoisotopic (exact) mass is 275 g/mol. The zero-order valence-electron chi connectivity index (χ0n) is 10.4. The van der Waals surface area contributed by atoms with Gasteiger partial charge in [0.15, 0.2) is 0 Å². The maximum absolute atomic E-state index is 11.5. The van der Waals surface area contributed by atoms with Crippen LogP contribution in [0.1, 0.15) is 15.9 Å². The number of halogens is 1. The summed E-state index contributed by atoms with van der Waals surface area (Å²) in [5.74, 6) is -0.578. The number of rotatable bonds is 3. The summed E-state index contributed by atoms with van der Waals surface area (Å²) >= 11 is 6.13. The van der Waals surface area contributed by atoms with Gasteiger partial charge in [0.25, 0.3) is 5.91 Å². The summed E-state index contributed by atoms with van der Waals surface area (Å²) < 4.78 is 0. The Balaban J connectivity index is 2.51. The SMILES string of the molecule is Cc1ccccc1Nc1c(Cl)cc(N)cc1C(N)=O. The zero-order valence-corrected chi connectivity index (χ0v) is 11.2. The minimum Gasteiger partial charge on any atom is -0.399 e. The molecule has 2 aromatic carbocycles. The van der Waals surface area contributed by atoms with E-state index in [4.69, 9.17) is 23.1 Å². The van der Waals surface area contributed by atoms with E-state index in [-0.39, 0.29) is 5.56 Å². The first-order chi connectivity index (χ1) is 8.99. The van der Waals surface area contributed by atoms with Crippen molar-refractivity contribution >= 4 is 34.6 Å². The van der Waals surface area contributed by atoms with Gasteiger partial charge in [-0.05, 0) is 30.7 Å². The zero-order chi connectivity index (χ0) is 14.0. The van der Waals surface area contributed by atoms with E-state index in [0.29, 0.717) is 16.4 Å². The smallest absolute Gasteiger partial charge is 0.250 e. The molecule has 0 saturated heterocycles. The predicted octanol–water partition coefficient (Wildman–Crippen LogP) is 3.07. The van der Waals surface area contributed by atoms with Crippen LogP contribution in [0.3, 0.4) is 0 Å². The number of para-hydroxylation sites is 1. The Morgan fingerprint density at radius 1 is 1.26 bits per heavy atom. The van der Waals surface area contributed by atoms with Crippen LogP contribution in [0.15, 0.2) is 36.4 Å². The number of hydrogen-bond acceptors (Lipinski definition) is 3. The van der Waals surface area contributed by atoms with Crippen molar-refractivity contribution in [3.8, 4) is 0 Å². The van der Waals surface area contributed by atoms with Crippen molar-refractivity contribution < 1.29 is 4.79 Å². The summed E-state index contributed by atoms with van der Waals surface area (Å²) in [4.78, 5) is 11.5. The molecule has 0 atom stereocenters. The number of carbonyl (C=O) groups is 1. The lowest BCUT2D eigenvalue weighted by Gasteiger charge is -2.14. The van der Waals surface area contributed by atoms with E-state index in [0.717, 1.165) is 11.3 Å². The van der Waals surface area contributed by atoms with Crippen molar-refractivity contribution in [1.29, 1.82) is 0 Å². The molecule has 0 bridgehead atoms. The molecule has 0 radical (unpaired) electrons. The molecule has 0 unspecified atom stereocenters. The van der Waals surface area contributed by atoms with Gasteiger partial charge in [0.1, 0.15) is 0 Å². The van der Waals surface area contributed by atoms with E-state index >= 15 is 0 Å². The molecule has 0 fully saturated rings. The number of carbonyl (C=O) groups excluding carboxylic acids is 1. The third-order valence-corrected chi connectivity index (χ3v) is 3.08. The number of aryl methyl sites for hydroxylation is 1. The van der Waals surface area contributed by atoms with Crippen LogP contribution in [-0.2, 0) is 0 Å². The largest absolute Gasteiger partial charge is 0.399 e. The molecule has 0 aromatic heterocycles. The third-order valence-electron chi connectivity index (χ3n) is 2.78. The van der Waals surface area contributed by atoms with Crippen LogP contribution in [0.4, 0.5) is 17.1 Å². The van der Waals surface area contributed by atoms with Crippen LogP contribution < -0.4 is 16.8 Å². The van der Waals surface area contributed by atoms with Crippen LogP contribution in [0.5, 0.6) is 0 Å². The molecule has 0 heterocycles. The van der Waals surface area contributed by atoms with E-state index in [1.54, 1.807) is 6.07 Å². The lowest BCUT2D eigenvalue weighted by Crippen LogP contribution is -2.14. The van der Waals surface area contributed by atoms with Gasteiger partial charge in [0.05, 0.1) is 16.3 Å². The number of nitrogens with one attached hydrogen (secondary N) is 1. The normalized spacial score (nSPS) is 10.2. The standard InChI is InChI=1S/C14H14ClN3O/c1-8-4-2-3-5-12(8)18-13-10(14(17)19)6-9(16)7-11(13)15/h2-7,18H,16H2,1H3,(H2,17,19). The van der Waals surface area contributed by atoms with Crippen molar-refractivity contribution in [3.63, 3.8) is 0 Å². The molecule has 2 aromatic rings. The first-order valence-electron chi connectivity index (χ1n) is 5.70. The van der Waals surface area contributed by atoms with Crippen LogP contribution in [0.2, 0.25) is 5.02 Å². The third kappa shape index (κ3) is 2.80. The number of amides is 1. The van der Waals surface area contributed by atoms with E-state index in [1.165, 1.54) is 6.07 Å². The quantitative estimate of drug-likeness (QED) is 0.753. The molecule has 1 amide bonds. The summed E-state index contributed by atoms with van der Waals surface area (Å²) in [6.45, 7) is 1.96. The second kappa shape index (κ2) is 5.20. The number of benzene rings is 2. The van der Waals surface area contributed by atoms with Crippen LogP contribution in [0.25, 0.3) is 0 Å². The number of nitrogen functional groups attached to an aromatic ring is 1. The van der Waals surface area contributed by atoms with E-state index in [9.17, 15) is 4.79 Å². The second-order valence-corrected chi connectivity index (χ2v) is 4.64. The van der Waals surface area contributed by atoms with Crippen molar-refractivity contribution in [2.45, 2.75) is 6.92 Å². The van der Waals surface area contributed by atoms with Gasteiger partial charge in [-0.15, -0.1) is 0 Å². The van der Waals surface area contributed by atoms with Gasteiger partial charge in [0, 0.05) is 11.4 Å². The summed E-state index contributed by atoms with van der Waals surface area (Å²) in [5, 5.41) is 3.49. The number of primary amides is 1. The minimum absolute atomic E-state index is 0.272. The molecule has 19 heavy (non-hydrogen) atoms. The second-order valence-electron chi connectivity index (χ2n) is 4.23. The number of anilines is 3. The first-order valence-corrected chi connectivity index (χ1v) is 6.08. The Kier molecular flexibility index (Phi) is 3.62. The summed E-state index contributed by atoms with van der Waals surface area (Å²) in [6, 6.07) is 10.8. The van der Waals surface area contributed by atoms with Gasteiger partial charge in [-0.2, -0.15) is 0 Å². The van der Waals surface area contributed by atoms with Crippen LogP contribution >= 0.6 is 11.6 Å². The molecule has 0 aliphatic rings. The first kappa shape index (κ1) is 13.2. The minimum atomic E-state index is -0.578. The molecule has 2 rings (SSSR count). The number of nitrogens with two attached hydrogens (primary N) is 2. The molecule has 4 nitrogen and oxygen atoms in total. The Labute approximate surface area is 116 Å². The van der Waals surface area contributed by atoms with Gasteiger partial charge in [0.2, 0.25) is 0 Å². The predicted molar refractivity (Wildman–Crippen MR) is 78.8 cm³/mol. The highest BCUT2D eigenvalue weighted by Gasteiger charge is 2.14. The molecule has 5 heteroatoms.